The Morgan fingerprint density at radius 2 is 2.06 bits per heavy atom. The number of rotatable bonds is 4. The zero-order chi connectivity index (χ0) is 11.4. The summed E-state index contributed by atoms with van der Waals surface area (Å²) in [6.45, 7) is 0.657. The van der Waals surface area contributed by atoms with Crippen LogP contribution in [0.4, 0.5) is 0 Å². The molecule has 1 aromatic rings. The van der Waals surface area contributed by atoms with E-state index >= 15 is 0 Å². The van der Waals surface area contributed by atoms with Crippen molar-refractivity contribution in [2.24, 2.45) is 5.92 Å². The smallest absolute Gasteiger partial charge is 0.223 e. The quantitative estimate of drug-likeness (QED) is 0.813. The van der Waals surface area contributed by atoms with Crippen molar-refractivity contribution in [3.8, 4) is 0 Å². The van der Waals surface area contributed by atoms with Crippen LogP contribution in [0.5, 0.6) is 0 Å². The largest absolute Gasteiger partial charge is 0.352 e. The minimum Gasteiger partial charge on any atom is -0.352 e. The maximum Gasteiger partial charge on any atom is 0.223 e. The molecule has 0 aromatic heterocycles. The highest BCUT2D eigenvalue weighted by Crippen LogP contribution is 2.26. The average Bonchev–Trinajstić information content (AvgIpc) is 2.25. The fourth-order valence-electron chi connectivity index (χ4n) is 1.75. The molecule has 3 heteroatoms. The predicted octanol–water partition coefficient (Wildman–Crippen LogP) is 2.82. The average molecular weight is 235 g/mol. The molecule has 86 valence electrons. The van der Waals surface area contributed by atoms with Gasteiger partial charge < -0.3 is 5.32 Å². The zero-order valence-electron chi connectivity index (χ0n) is 9.53. The van der Waals surface area contributed by atoms with Gasteiger partial charge >= 0.3 is 0 Å². The standard InChI is InChI=1S/C13H17NOS/c1-16-12-7-5-10(6-8-12)9-14-13(15)11-3-2-4-11/h5-8,11H,2-4,9H2,1H3,(H,14,15). The lowest BCUT2D eigenvalue weighted by Gasteiger charge is -2.24. The van der Waals surface area contributed by atoms with Crippen LogP contribution in [0.3, 0.4) is 0 Å². The first kappa shape index (κ1) is 11.5. The van der Waals surface area contributed by atoms with Crippen LogP contribution in [-0.4, -0.2) is 12.2 Å². The molecule has 16 heavy (non-hydrogen) atoms. The normalized spacial score (nSPS) is 15.6. The fraction of sp³-hybridized carbons (Fsp3) is 0.462. The molecule has 2 nitrogen and oxygen atoms in total. The summed E-state index contributed by atoms with van der Waals surface area (Å²) in [4.78, 5) is 12.9. The Hall–Kier alpha value is -0.960. The van der Waals surface area contributed by atoms with Crippen molar-refractivity contribution < 1.29 is 4.79 Å². The molecular weight excluding hydrogens is 218 g/mol. The third-order valence-corrected chi connectivity index (χ3v) is 3.85. The van der Waals surface area contributed by atoms with Crippen LogP contribution in [0.1, 0.15) is 24.8 Å². The van der Waals surface area contributed by atoms with E-state index in [1.807, 2.05) is 0 Å². The molecule has 0 bridgehead atoms. The molecule has 0 spiro atoms. The Morgan fingerprint density at radius 3 is 2.56 bits per heavy atom. The van der Waals surface area contributed by atoms with Crippen LogP contribution in [-0.2, 0) is 11.3 Å². The molecule has 1 aliphatic rings. The highest BCUT2D eigenvalue weighted by molar-refractivity contribution is 7.98. The molecular formula is C13H17NOS. The highest BCUT2D eigenvalue weighted by Gasteiger charge is 2.24. The van der Waals surface area contributed by atoms with Crippen molar-refractivity contribution in [3.63, 3.8) is 0 Å². The van der Waals surface area contributed by atoms with E-state index in [0.29, 0.717) is 6.54 Å². The van der Waals surface area contributed by atoms with Gasteiger partial charge in [-0.3, -0.25) is 4.79 Å². The summed E-state index contributed by atoms with van der Waals surface area (Å²) in [5, 5.41) is 2.99. The molecule has 0 saturated heterocycles. The molecule has 0 heterocycles. The van der Waals surface area contributed by atoms with Crippen LogP contribution in [0, 0.1) is 5.92 Å². The van der Waals surface area contributed by atoms with E-state index in [-0.39, 0.29) is 11.8 Å². The molecule has 1 N–H and O–H groups in total. The van der Waals surface area contributed by atoms with Crippen molar-refractivity contribution >= 4 is 17.7 Å². The summed E-state index contributed by atoms with van der Waals surface area (Å²) in [7, 11) is 0. The number of benzene rings is 1. The third kappa shape index (κ3) is 2.79. The molecule has 2 rings (SSSR count). The van der Waals surface area contributed by atoms with E-state index in [2.05, 4.69) is 35.8 Å². The lowest BCUT2D eigenvalue weighted by molar-refractivity contribution is -0.127. The minimum absolute atomic E-state index is 0.222. The second-order valence-corrected chi connectivity index (χ2v) is 5.07. The number of hydrogen-bond donors (Lipinski definition) is 1. The van der Waals surface area contributed by atoms with Gasteiger partial charge in [-0.1, -0.05) is 18.6 Å². The van der Waals surface area contributed by atoms with Gasteiger partial charge in [0.05, 0.1) is 0 Å². The number of thioether (sulfide) groups is 1. The van der Waals surface area contributed by atoms with Gasteiger partial charge in [-0.15, -0.1) is 11.8 Å². The maximum atomic E-state index is 11.6. The monoisotopic (exact) mass is 235 g/mol. The van der Waals surface area contributed by atoms with Gasteiger partial charge in [0.15, 0.2) is 0 Å². The summed E-state index contributed by atoms with van der Waals surface area (Å²) in [6, 6.07) is 8.34. The number of carbonyl (C=O) groups is 1. The first-order valence-corrected chi connectivity index (χ1v) is 6.92. The molecule has 0 atom stereocenters. The summed E-state index contributed by atoms with van der Waals surface area (Å²) in [6.07, 6.45) is 5.41. The van der Waals surface area contributed by atoms with E-state index < -0.39 is 0 Å². The van der Waals surface area contributed by atoms with E-state index in [1.54, 1.807) is 11.8 Å². The lowest BCUT2D eigenvalue weighted by atomic mass is 9.85. The molecule has 1 fully saturated rings. The third-order valence-electron chi connectivity index (χ3n) is 3.10. The zero-order valence-corrected chi connectivity index (χ0v) is 10.3. The Kier molecular flexibility index (Phi) is 3.88. The Balaban J connectivity index is 1.81. The molecule has 0 radical (unpaired) electrons. The summed E-state index contributed by atoms with van der Waals surface area (Å²) in [5.41, 5.74) is 1.17. The number of nitrogens with one attached hydrogen (secondary N) is 1. The number of amides is 1. The van der Waals surface area contributed by atoms with Gasteiger partial charge in [0.25, 0.3) is 0 Å². The summed E-state index contributed by atoms with van der Waals surface area (Å²) >= 11 is 1.73. The predicted molar refractivity (Wildman–Crippen MR) is 67.4 cm³/mol. The Morgan fingerprint density at radius 1 is 1.38 bits per heavy atom. The second kappa shape index (κ2) is 5.39. The first-order valence-electron chi connectivity index (χ1n) is 5.70. The Bertz CT molecular complexity index is 357. The van der Waals surface area contributed by atoms with E-state index in [0.717, 1.165) is 12.8 Å². The van der Waals surface area contributed by atoms with Crippen LogP contribution < -0.4 is 5.32 Å². The Labute approximate surface area is 101 Å². The molecule has 0 unspecified atom stereocenters. The molecule has 1 aromatic carbocycles. The van der Waals surface area contributed by atoms with Gasteiger partial charge in [0, 0.05) is 17.4 Å². The van der Waals surface area contributed by atoms with Crippen LogP contribution >= 0.6 is 11.8 Å². The molecule has 1 aliphatic carbocycles. The summed E-state index contributed by atoms with van der Waals surface area (Å²) < 4.78 is 0. The molecule has 1 saturated carbocycles. The van der Waals surface area contributed by atoms with Gasteiger partial charge in [-0.2, -0.15) is 0 Å². The van der Waals surface area contributed by atoms with Crippen molar-refractivity contribution in [2.45, 2.75) is 30.7 Å². The van der Waals surface area contributed by atoms with Crippen molar-refractivity contribution in [1.82, 2.24) is 5.32 Å². The van der Waals surface area contributed by atoms with Crippen molar-refractivity contribution in [3.05, 3.63) is 29.8 Å². The van der Waals surface area contributed by atoms with Gasteiger partial charge in [0.2, 0.25) is 5.91 Å². The van der Waals surface area contributed by atoms with E-state index in [4.69, 9.17) is 0 Å². The molecule has 0 aliphatic heterocycles. The number of hydrogen-bond acceptors (Lipinski definition) is 2. The van der Waals surface area contributed by atoms with Gasteiger partial charge in [0.1, 0.15) is 0 Å². The van der Waals surface area contributed by atoms with E-state index in [1.165, 1.54) is 16.9 Å². The highest BCUT2D eigenvalue weighted by atomic mass is 32.2. The van der Waals surface area contributed by atoms with Crippen molar-refractivity contribution in [1.29, 1.82) is 0 Å². The SMILES string of the molecule is CSc1ccc(CNC(=O)C2CCC2)cc1. The second-order valence-electron chi connectivity index (χ2n) is 4.19. The lowest BCUT2D eigenvalue weighted by Crippen LogP contribution is -2.33. The van der Waals surface area contributed by atoms with Crippen LogP contribution in [0.25, 0.3) is 0 Å². The van der Waals surface area contributed by atoms with E-state index in [9.17, 15) is 4.79 Å². The van der Waals surface area contributed by atoms with Crippen LogP contribution in [0.2, 0.25) is 0 Å². The van der Waals surface area contributed by atoms with Gasteiger partial charge in [-0.05, 0) is 36.8 Å². The van der Waals surface area contributed by atoms with Gasteiger partial charge in [-0.25, -0.2) is 0 Å². The van der Waals surface area contributed by atoms with Crippen molar-refractivity contribution in [2.75, 3.05) is 6.26 Å². The molecule has 1 amide bonds. The maximum absolute atomic E-state index is 11.6. The first-order chi connectivity index (χ1) is 7.79. The fourth-order valence-corrected chi connectivity index (χ4v) is 2.16. The van der Waals surface area contributed by atoms with Crippen LogP contribution in [0.15, 0.2) is 29.2 Å². The topological polar surface area (TPSA) is 29.1 Å². The summed E-state index contributed by atoms with van der Waals surface area (Å²) in [5.74, 6) is 0.505. The minimum atomic E-state index is 0.222. The number of carbonyl (C=O) groups excluding carboxylic acids is 1.